The minimum absolute atomic E-state index is 0.00502. The maximum absolute atomic E-state index is 11.1. The SMILES string of the molecule is N[C@H](CCC(=O)O)C(=O)NCCC(=O)O. The highest BCUT2D eigenvalue weighted by Crippen LogP contribution is 1.94. The molecule has 0 unspecified atom stereocenters. The summed E-state index contributed by atoms with van der Waals surface area (Å²) in [5.74, 6) is -2.57. The minimum atomic E-state index is -1.02. The zero-order valence-electron chi connectivity index (χ0n) is 8.10. The van der Waals surface area contributed by atoms with Crippen molar-refractivity contribution in [3.05, 3.63) is 0 Å². The number of carbonyl (C=O) groups excluding carboxylic acids is 1. The van der Waals surface area contributed by atoms with E-state index < -0.39 is 23.9 Å². The van der Waals surface area contributed by atoms with Crippen LogP contribution in [-0.4, -0.2) is 40.6 Å². The average Bonchev–Trinajstić information content (AvgIpc) is 2.13. The molecule has 0 aliphatic carbocycles. The monoisotopic (exact) mass is 218 g/mol. The Balaban J connectivity index is 3.69. The van der Waals surface area contributed by atoms with E-state index in [0.717, 1.165) is 0 Å². The van der Waals surface area contributed by atoms with Crippen LogP contribution in [0.25, 0.3) is 0 Å². The molecule has 1 amide bonds. The lowest BCUT2D eigenvalue weighted by Gasteiger charge is -2.09. The summed E-state index contributed by atoms with van der Waals surface area (Å²) < 4.78 is 0. The Bertz CT molecular complexity index is 253. The molecule has 86 valence electrons. The Labute approximate surface area is 86.3 Å². The van der Waals surface area contributed by atoms with Gasteiger partial charge in [-0.2, -0.15) is 0 Å². The summed E-state index contributed by atoms with van der Waals surface area (Å²) in [6.07, 6.45) is -0.334. The van der Waals surface area contributed by atoms with Crippen LogP contribution in [0.1, 0.15) is 19.3 Å². The van der Waals surface area contributed by atoms with Gasteiger partial charge in [-0.15, -0.1) is 0 Å². The van der Waals surface area contributed by atoms with Crippen molar-refractivity contribution in [3.8, 4) is 0 Å². The Kier molecular flexibility index (Phi) is 6.03. The lowest BCUT2D eigenvalue weighted by atomic mass is 10.1. The van der Waals surface area contributed by atoms with Crippen LogP contribution in [0.2, 0.25) is 0 Å². The van der Waals surface area contributed by atoms with Gasteiger partial charge in [-0.25, -0.2) is 0 Å². The molecule has 0 aromatic heterocycles. The fraction of sp³-hybridized carbons (Fsp3) is 0.625. The number of carboxylic acid groups (broad SMARTS) is 2. The second-order valence-corrected chi connectivity index (χ2v) is 2.97. The summed E-state index contributed by atoms with van der Waals surface area (Å²) in [4.78, 5) is 31.4. The molecule has 1 atom stereocenters. The Morgan fingerprint density at radius 1 is 1.13 bits per heavy atom. The number of hydrogen-bond donors (Lipinski definition) is 4. The first-order chi connectivity index (χ1) is 6.93. The van der Waals surface area contributed by atoms with Gasteiger partial charge < -0.3 is 21.3 Å². The van der Waals surface area contributed by atoms with Crippen LogP contribution in [0, 0.1) is 0 Å². The molecule has 0 aliphatic heterocycles. The van der Waals surface area contributed by atoms with Crippen LogP contribution >= 0.6 is 0 Å². The van der Waals surface area contributed by atoms with Crippen molar-refractivity contribution >= 4 is 17.8 Å². The van der Waals surface area contributed by atoms with Gasteiger partial charge in [-0.3, -0.25) is 14.4 Å². The van der Waals surface area contributed by atoms with Gasteiger partial charge in [0.15, 0.2) is 0 Å². The van der Waals surface area contributed by atoms with Crippen LogP contribution in [0.15, 0.2) is 0 Å². The predicted molar refractivity (Wildman–Crippen MR) is 50.1 cm³/mol. The summed E-state index contributed by atoms with van der Waals surface area (Å²) in [6.45, 7) is -0.00502. The topological polar surface area (TPSA) is 130 Å². The quantitative estimate of drug-likeness (QED) is 0.423. The molecule has 0 fully saturated rings. The van der Waals surface area contributed by atoms with Gasteiger partial charge in [0, 0.05) is 13.0 Å². The maximum Gasteiger partial charge on any atom is 0.305 e. The molecule has 0 heterocycles. The van der Waals surface area contributed by atoms with Crippen molar-refractivity contribution in [1.29, 1.82) is 0 Å². The third kappa shape index (κ3) is 7.44. The van der Waals surface area contributed by atoms with Gasteiger partial charge in [-0.1, -0.05) is 0 Å². The number of carbonyl (C=O) groups is 3. The number of nitrogens with two attached hydrogens (primary N) is 1. The number of hydrogen-bond acceptors (Lipinski definition) is 4. The third-order valence-corrected chi connectivity index (χ3v) is 1.64. The Hall–Kier alpha value is -1.63. The van der Waals surface area contributed by atoms with Gasteiger partial charge in [0.1, 0.15) is 0 Å². The zero-order chi connectivity index (χ0) is 11.8. The molecular weight excluding hydrogens is 204 g/mol. The van der Waals surface area contributed by atoms with Crippen LogP contribution in [-0.2, 0) is 14.4 Å². The van der Waals surface area contributed by atoms with Crippen molar-refractivity contribution in [2.45, 2.75) is 25.3 Å². The van der Waals surface area contributed by atoms with E-state index in [4.69, 9.17) is 15.9 Å². The van der Waals surface area contributed by atoms with E-state index in [0.29, 0.717) is 0 Å². The van der Waals surface area contributed by atoms with Gasteiger partial charge in [0.2, 0.25) is 5.91 Å². The zero-order valence-corrected chi connectivity index (χ0v) is 8.10. The molecule has 7 nitrogen and oxygen atoms in total. The molecule has 15 heavy (non-hydrogen) atoms. The molecule has 7 heteroatoms. The van der Waals surface area contributed by atoms with Crippen LogP contribution in [0.3, 0.4) is 0 Å². The molecule has 0 radical (unpaired) electrons. The molecule has 0 saturated heterocycles. The van der Waals surface area contributed by atoms with E-state index in [9.17, 15) is 14.4 Å². The van der Waals surface area contributed by atoms with Crippen LogP contribution in [0.4, 0.5) is 0 Å². The van der Waals surface area contributed by atoms with E-state index in [1.807, 2.05) is 0 Å². The lowest BCUT2D eigenvalue weighted by molar-refractivity contribution is -0.137. The second kappa shape index (κ2) is 6.77. The lowest BCUT2D eigenvalue weighted by Crippen LogP contribution is -2.41. The standard InChI is InChI=1S/C8H14N2O5/c9-5(1-2-6(11)12)8(15)10-4-3-7(13)14/h5H,1-4,9H2,(H,10,15)(H,11,12)(H,13,14)/t5-/m1/s1. The van der Waals surface area contributed by atoms with Crippen molar-refractivity contribution in [2.24, 2.45) is 5.73 Å². The number of amides is 1. The molecule has 0 rings (SSSR count). The number of nitrogens with one attached hydrogen (secondary N) is 1. The fourth-order valence-electron chi connectivity index (χ4n) is 0.834. The summed E-state index contributed by atoms with van der Waals surface area (Å²) in [6, 6.07) is -0.908. The Morgan fingerprint density at radius 3 is 2.13 bits per heavy atom. The first-order valence-corrected chi connectivity index (χ1v) is 4.40. The number of rotatable bonds is 7. The molecule has 0 aromatic carbocycles. The molecule has 5 N–H and O–H groups in total. The highest BCUT2D eigenvalue weighted by molar-refractivity contribution is 5.82. The average molecular weight is 218 g/mol. The minimum Gasteiger partial charge on any atom is -0.481 e. The molecule has 0 saturated carbocycles. The molecule has 0 bridgehead atoms. The largest absolute Gasteiger partial charge is 0.481 e. The van der Waals surface area contributed by atoms with E-state index in [-0.39, 0.29) is 25.8 Å². The predicted octanol–water partition coefficient (Wildman–Crippen LogP) is -1.23. The highest BCUT2D eigenvalue weighted by atomic mass is 16.4. The molecular formula is C8H14N2O5. The molecule has 0 spiro atoms. The summed E-state index contributed by atoms with van der Waals surface area (Å²) in [5, 5.41) is 18.9. The van der Waals surface area contributed by atoms with Gasteiger partial charge in [-0.05, 0) is 6.42 Å². The van der Waals surface area contributed by atoms with E-state index in [2.05, 4.69) is 5.32 Å². The second-order valence-electron chi connectivity index (χ2n) is 2.97. The van der Waals surface area contributed by atoms with E-state index >= 15 is 0 Å². The van der Waals surface area contributed by atoms with Gasteiger partial charge in [0.05, 0.1) is 12.5 Å². The van der Waals surface area contributed by atoms with Crippen molar-refractivity contribution in [1.82, 2.24) is 5.32 Å². The van der Waals surface area contributed by atoms with Gasteiger partial charge >= 0.3 is 11.9 Å². The normalized spacial score (nSPS) is 11.8. The molecule has 0 aliphatic rings. The molecule has 0 aromatic rings. The van der Waals surface area contributed by atoms with Crippen molar-refractivity contribution in [3.63, 3.8) is 0 Å². The first-order valence-electron chi connectivity index (χ1n) is 4.40. The van der Waals surface area contributed by atoms with Crippen LogP contribution < -0.4 is 11.1 Å². The maximum atomic E-state index is 11.1. The smallest absolute Gasteiger partial charge is 0.305 e. The summed E-state index contributed by atoms with van der Waals surface area (Å²) in [7, 11) is 0. The van der Waals surface area contributed by atoms with Gasteiger partial charge in [0.25, 0.3) is 0 Å². The van der Waals surface area contributed by atoms with Crippen molar-refractivity contribution < 1.29 is 24.6 Å². The van der Waals surface area contributed by atoms with E-state index in [1.54, 1.807) is 0 Å². The summed E-state index contributed by atoms with van der Waals surface area (Å²) in [5.41, 5.74) is 5.36. The van der Waals surface area contributed by atoms with E-state index in [1.165, 1.54) is 0 Å². The number of carboxylic acids is 2. The van der Waals surface area contributed by atoms with Crippen LogP contribution in [0.5, 0.6) is 0 Å². The number of aliphatic carboxylic acids is 2. The third-order valence-electron chi connectivity index (χ3n) is 1.64. The highest BCUT2D eigenvalue weighted by Gasteiger charge is 2.14. The van der Waals surface area contributed by atoms with Crippen molar-refractivity contribution in [2.75, 3.05) is 6.54 Å². The fourth-order valence-corrected chi connectivity index (χ4v) is 0.834. The first kappa shape index (κ1) is 13.4. The summed E-state index contributed by atoms with van der Waals surface area (Å²) >= 11 is 0. The Morgan fingerprint density at radius 2 is 1.67 bits per heavy atom.